The van der Waals surface area contributed by atoms with Crippen LogP contribution in [-0.2, 0) is 14.4 Å². The first-order valence-electron chi connectivity index (χ1n) is 9.51. The largest absolute Gasteiger partial charge is 0.508 e. The van der Waals surface area contributed by atoms with Crippen molar-refractivity contribution in [2.75, 3.05) is 7.05 Å². The number of aromatic hydroxyl groups is 1. The van der Waals surface area contributed by atoms with Crippen LogP contribution in [-0.4, -0.2) is 51.5 Å². The van der Waals surface area contributed by atoms with Crippen LogP contribution in [0.3, 0.4) is 0 Å². The highest BCUT2D eigenvalue weighted by atomic mass is 16.5. The smallest absolute Gasteiger partial charge is 0.349 e. The highest BCUT2D eigenvalue weighted by molar-refractivity contribution is 6.28. The molecule has 1 fully saturated rings. The monoisotopic (exact) mass is 431 g/mol. The molecule has 0 atom stereocenters. The number of likely N-dealkylation sites (N-methyl/N-ethyl adjacent to an activating group) is 1. The van der Waals surface area contributed by atoms with Crippen LogP contribution in [0.5, 0.6) is 11.5 Å². The van der Waals surface area contributed by atoms with Crippen LogP contribution in [0.1, 0.15) is 22.8 Å². The third kappa shape index (κ3) is 3.67. The summed E-state index contributed by atoms with van der Waals surface area (Å²) in [6, 6.07) is 12.5. The quantitative estimate of drug-likeness (QED) is 0.335. The first kappa shape index (κ1) is 20.7. The van der Waals surface area contributed by atoms with E-state index in [1.54, 1.807) is 24.3 Å². The van der Waals surface area contributed by atoms with E-state index in [0.29, 0.717) is 5.56 Å². The third-order valence-electron chi connectivity index (χ3n) is 4.80. The minimum atomic E-state index is -0.920. The zero-order valence-corrected chi connectivity index (χ0v) is 17.1. The summed E-state index contributed by atoms with van der Waals surface area (Å²) in [4.78, 5) is 56.4. The van der Waals surface area contributed by atoms with Gasteiger partial charge in [-0.1, -0.05) is 24.3 Å². The van der Waals surface area contributed by atoms with Crippen LogP contribution in [0, 0.1) is 0 Å². The van der Waals surface area contributed by atoms with Crippen molar-refractivity contribution < 1.29 is 29.0 Å². The molecule has 1 saturated heterocycles. The van der Waals surface area contributed by atoms with Gasteiger partial charge < -0.3 is 14.7 Å². The Morgan fingerprint density at radius 1 is 1.09 bits per heavy atom. The maximum atomic E-state index is 13.2. The second kappa shape index (κ2) is 7.95. The van der Waals surface area contributed by atoms with E-state index >= 15 is 0 Å². The SMILES string of the molecule is CC(=O)N=C1N(/C=C2\C(=O)Oc3ccccc3C2=O)C(=O)/C(=C\c2cccc(O)c2)N1C. The number of ether oxygens (including phenoxy) is 1. The van der Waals surface area contributed by atoms with Gasteiger partial charge >= 0.3 is 5.97 Å². The fourth-order valence-electron chi connectivity index (χ4n) is 3.32. The molecule has 4 rings (SSSR count). The summed E-state index contributed by atoms with van der Waals surface area (Å²) in [5, 5.41) is 9.69. The number of phenolic OH excluding ortho intramolecular Hbond substituents is 1. The molecule has 2 aromatic carbocycles. The molecule has 0 aliphatic carbocycles. The lowest BCUT2D eigenvalue weighted by atomic mass is 10.0. The third-order valence-corrected chi connectivity index (χ3v) is 4.80. The molecular weight excluding hydrogens is 414 g/mol. The molecule has 0 aromatic heterocycles. The van der Waals surface area contributed by atoms with Crippen LogP contribution in [0.2, 0.25) is 0 Å². The van der Waals surface area contributed by atoms with Gasteiger partial charge in [-0.25, -0.2) is 4.79 Å². The Kier molecular flexibility index (Phi) is 5.15. The summed E-state index contributed by atoms with van der Waals surface area (Å²) in [5.74, 6) is -2.67. The summed E-state index contributed by atoms with van der Waals surface area (Å²) in [5.41, 5.74) is 0.447. The van der Waals surface area contributed by atoms with Crippen molar-refractivity contribution in [3.63, 3.8) is 0 Å². The fourth-order valence-corrected chi connectivity index (χ4v) is 3.32. The van der Waals surface area contributed by atoms with Gasteiger partial charge in [0.05, 0.1) is 5.56 Å². The molecule has 0 radical (unpaired) electrons. The molecule has 160 valence electrons. The minimum Gasteiger partial charge on any atom is -0.508 e. The summed E-state index contributed by atoms with van der Waals surface area (Å²) < 4.78 is 5.21. The predicted molar refractivity (Wildman–Crippen MR) is 113 cm³/mol. The van der Waals surface area contributed by atoms with Gasteiger partial charge in [-0.2, -0.15) is 4.99 Å². The minimum absolute atomic E-state index is 0.0123. The number of esters is 1. The van der Waals surface area contributed by atoms with Gasteiger partial charge in [0.15, 0.2) is 0 Å². The molecule has 32 heavy (non-hydrogen) atoms. The molecule has 0 spiro atoms. The number of carbonyl (C=O) groups excluding carboxylic acids is 4. The summed E-state index contributed by atoms with van der Waals surface area (Å²) in [6.45, 7) is 1.21. The van der Waals surface area contributed by atoms with E-state index in [1.165, 1.54) is 49.2 Å². The lowest BCUT2D eigenvalue weighted by Crippen LogP contribution is -2.33. The van der Waals surface area contributed by atoms with Gasteiger partial charge in [0.25, 0.3) is 5.91 Å². The molecule has 9 heteroatoms. The lowest BCUT2D eigenvalue weighted by molar-refractivity contribution is -0.130. The van der Waals surface area contributed by atoms with Crippen LogP contribution in [0.15, 0.2) is 71.0 Å². The Balaban J connectivity index is 1.80. The van der Waals surface area contributed by atoms with E-state index < -0.39 is 23.6 Å². The first-order chi connectivity index (χ1) is 15.3. The highest BCUT2D eigenvalue weighted by Gasteiger charge is 2.39. The van der Waals surface area contributed by atoms with E-state index in [9.17, 15) is 24.3 Å². The van der Waals surface area contributed by atoms with Crippen LogP contribution >= 0.6 is 0 Å². The number of phenols is 1. The Bertz CT molecular complexity index is 1270. The number of benzene rings is 2. The lowest BCUT2D eigenvalue weighted by Gasteiger charge is -2.19. The highest BCUT2D eigenvalue weighted by Crippen LogP contribution is 2.30. The second-order valence-corrected chi connectivity index (χ2v) is 7.05. The number of guanidine groups is 1. The Morgan fingerprint density at radius 2 is 1.84 bits per heavy atom. The fraction of sp³-hybridized carbons (Fsp3) is 0.0870. The first-order valence-corrected chi connectivity index (χ1v) is 9.51. The molecule has 2 aliphatic rings. The molecule has 2 amide bonds. The molecule has 2 aromatic rings. The predicted octanol–water partition coefficient (Wildman–Crippen LogP) is 2.10. The van der Waals surface area contributed by atoms with E-state index in [4.69, 9.17) is 4.74 Å². The number of hydrogen-bond donors (Lipinski definition) is 1. The maximum Gasteiger partial charge on any atom is 0.349 e. The number of ketones is 1. The second-order valence-electron chi connectivity index (χ2n) is 7.05. The van der Waals surface area contributed by atoms with Crippen molar-refractivity contribution in [1.82, 2.24) is 9.80 Å². The van der Waals surface area contributed by atoms with Crippen molar-refractivity contribution in [2.24, 2.45) is 4.99 Å². The number of fused-ring (bicyclic) bond motifs is 1. The molecule has 0 unspecified atom stereocenters. The van der Waals surface area contributed by atoms with Crippen LogP contribution < -0.4 is 4.74 Å². The van der Waals surface area contributed by atoms with E-state index in [-0.39, 0.29) is 34.3 Å². The van der Waals surface area contributed by atoms with Crippen molar-refractivity contribution in [3.05, 3.63) is 77.1 Å². The van der Waals surface area contributed by atoms with Crippen molar-refractivity contribution in [3.8, 4) is 11.5 Å². The molecule has 2 heterocycles. The van der Waals surface area contributed by atoms with Crippen molar-refractivity contribution in [1.29, 1.82) is 0 Å². The van der Waals surface area contributed by atoms with E-state index in [0.717, 1.165) is 11.1 Å². The Morgan fingerprint density at radius 3 is 2.56 bits per heavy atom. The number of rotatable bonds is 2. The van der Waals surface area contributed by atoms with Crippen molar-refractivity contribution >= 4 is 35.6 Å². The van der Waals surface area contributed by atoms with Gasteiger partial charge in [0.2, 0.25) is 17.6 Å². The maximum absolute atomic E-state index is 13.2. The summed E-state index contributed by atoms with van der Waals surface area (Å²) in [6.07, 6.45) is 2.52. The van der Waals surface area contributed by atoms with Gasteiger partial charge in [-0.05, 0) is 35.9 Å². The number of hydrogen-bond acceptors (Lipinski definition) is 6. The Hall–Kier alpha value is -4.53. The number of carbonyl (C=O) groups is 4. The van der Waals surface area contributed by atoms with Gasteiger partial charge in [0, 0.05) is 20.2 Å². The number of amides is 2. The molecular formula is C23H17N3O6. The number of para-hydroxylation sites is 1. The molecule has 1 N–H and O–H groups in total. The van der Waals surface area contributed by atoms with Crippen molar-refractivity contribution in [2.45, 2.75) is 6.92 Å². The topological polar surface area (TPSA) is 117 Å². The Labute approximate surface area is 182 Å². The zero-order valence-electron chi connectivity index (χ0n) is 17.1. The number of Topliss-reactive ketones (excluding diaryl/α,β-unsaturated/α-hetero) is 1. The number of nitrogens with zero attached hydrogens (tertiary/aromatic N) is 3. The van der Waals surface area contributed by atoms with E-state index in [1.807, 2.05) is 0 Å². The normalized spacial score (nSPS) is 19.7. The van der Waals surface area contributed by atoms with Gasteiger partial charge in [-0.3, -0.25) is 19.3 Å². The summed E-state index contributed by atoms with van der Waals surface area (Å²) in [7, 11) is 1.52. The van der Waals surface area contributed by atoms with Crippen LogP contribution in [0.25, 0.3) is 6.08 Å². The van der Waals surface area contributed by atoms with Gasteiger partial charge in [-0.15, -0.1) is 0 Å². The molecule has 0 bridgehead atoms. The zero-order chi connectivity index (χ0) is 23.0. The molecule has 0 saturated carbocycles. The molecule has 9 nitrogen and oxygen atoms in total. The average Bonchev–Trinajstić information content (AvgIpc) is 2.95. The molecule has 2 aliphatic heterocycles. The van der Waals surface area contributed by atoms with E-state index in [2.05, 4.69) is 4.99 Å². The van der Waals surface area contributed by atoms with Gasteiger partial charge in [0.1, 0.15) is 22.8 Å². The summed E-state index contributed by atoms with van der Waals surface area (Å²) >= 11 is 0. The average molecular weight is 431 g/mol. The number of aliphatic imine (C=N–C) groups is 1. The van der Waals surface area contributed by atoms with Crippen LogP contribution in [0.4, 0.5) is 0 Å². The standard InChI is InChI=1S/C23H17N3O6/c1-13(27)24-23-25(2)18(11-14-6-5-7-15(28)10-14)21(30)26(23)12-17-20(29)16-8-3-4-9-19(16)32-22(17)31/h3-12,28H,1-2H3/b17-12-,18-11+,24-23?.